The summed E-state index contributed by atoms with van der Waals surface area (Å²) >= 11 is 6.01. The quantitative estimate of drug-likeness (QED) is 0.853. The van der Waals surface area contributed by atoms with Crippen molar-refractivity contribution in [1.82, 2.24) is 9.78 Å². The molecule has 0 spiro atoms. The molecule has 2 aromatic rings. The second-order valence-corrected chi connectivity index (χ2v) is 5.18. The molecule has 1 aliphatic heterocycles. The minimum absolute atomic E-state index is 0.0348. The van der Waals surface area contributed by atoms with Crippen LogP contribution in [0.15, 0.2) is 36.7 Å². The summed E-state index contributed by atoms with van der Waals surface area (Å²) in [5, 5.41) is 4.64. The number of nitrogens with zero attached hydrogens (tertiary/aromatic N) is 3. The van der Waals surface area contributed by atoms with Gasteiger partial charge in [-0.1, -0.05) is 11.6 Å². The molecule has 0 saturated heterocycles. The molecule has 3 rings (SSSR count). The Balaban J connectivity index is 1.89. The predicted octanol–water partition coefficient (Wildman–Crippen LogP) is 2.35. The predicted molar refractivity (Wildman–Crippen MR) is 76.1 cm³/mol. The van der Waals surface area contributed by atoms with Crippen molar-refractivity contribution in [2.75, 3.05) is 11.4 Å². The molecule has 1 aromatic heterocycles. The highest BCUT2D eigenvalue weighted by Gasteiger charge is 2.27. The van der Waals surface area contributed by atoms with Crippen LogP contribution in [-0.2, 0) is 11.3 Å². The zero-order valence-corrected chi connectivity index (χ0v) is 11.7. The van der Waals surface area contributed by atoms with Crippen LogP contribution in [0.5, 0.6) is 5.75 Å². The second kappa shape index (κ2) is 5.17. The number of carbonyl (C=O) groups is 1. The molecular weight excluding hydrogens is 278 g/mol. The third-order valence-corrected chi connectivity index (χ3v) is 3.37. The van der Waals surface area contributed by atoms with Gasteiger partial charge in [-0.3, -0.25) is 9.48 Å². The first kappa shape index (κ1) is 13.0. The van der Waals surface area contributed by atoms with Gasteiger partial charge in [-0.25, -0.2) is 0 Å². The fraction of sp³-hybridized carbons (Fsp3) is 0.286. The summed E-state index contributed by atoms with van der Waals surface area (Å²) < 4.78 is 7.33. The molecule has 0 saturated carbocycles. The Morgan fingerprint density at radius 2 is 2.40 bits per heavy atom. The van der Waals surface area contributed by atoms with Gasteiger partial charge in [-0.2, -0.15) is 5.10 Å². The van der Waals surface area contributed by atoms with Crippen LogP contribution < -0.4 is 9.64 Å². The summed E-state index contributed by atoms with van der Waals surface area (Å²) in [6, 6.07) is 7.10. The number of aromatic nitrogens is 2. The smallest absolute Gasteiger partial charge is 0.248 e. The lowest BCUT2D eigenvalue weighted by atomic mass is 10.2. The van der Waals surface area contributed by atoms with Gasteiger partial charge in [-0.05, 0) is 31.2 Å². The maximum absolute atomic E-state index is 12.5. The fourth-order valence-corrected chi connectivity index (χ4v) is 2.43. The molecule has 2 heterocycles. The topological polar surface area (TPSA) is 47.4 Å². The fourth-order valence-electron chi connectivity index (χ4n) is 2.26. The number of benzene rings is 1. The van der Waals surface area contributed by atoms with E-state index >= 15 is 0 Å². The normalized spacial score (nSPS) is 17.5. The zero-order chi connectivity index (χ0) is 14.1. The minimum Gasteiger partial charge on any atom is -0.487 e. The van der Waals surface area contributed by atoms with Crippen molar-refractivity contribution in [3.63, 3.8) is 0 Å². The lowest BCUT2D eigenvalue weighted by molar-refractivity contribution is -0.119. The van der Waals surface area contributed by atoms with Gasteiger partial charge in [0.1, 0.15) is 18.4 Å². The van der Waals surface area contributed by atoms with Crippen molar-refractivity contribution >= 4 is 23.2 Å². The highest BCUT2D eigenvalue weighted by molar-refractivity contribution is 6.31. The van der Waals surface area contributed by atoms with Gasteiger partial charge in [0.05, 0.1) is 12.2 Å². The van der Waals surface area contributed by atoms with E-state index in [0.29, 0.717) is 23.0 Å². The maximum atomic E-state index is 12.5. The molecular formula is C14H14ClN3O2. The van der Waals surface area contributed by atoms with E-state index in [1.165, 1.54) is 0 Å². The molecule has 0 N–H and O–H groups in total. The van der Waals surface area contributed by atoms with Gasteiger partial charge in [0.25, 0.3) is 0 Å². The Kier molecular flexibility index (Phi) is 3.36. The van der Waals surface area contributed by atoms with E-state index in [9.17, 15) is 4.79 Å². The molecule has 1 aromatic carbocycles. The van der Waals surface area contributed by atoms with Gasteiger partial charge in [0.2, 0.25) is 5.91 Å². The lowest BCUT2D eigenvalue weighted by Crippen LogP contribution is -2.43. The van der Waals surface area contributed by atoms with E-state index in [2.05, 4.69) is 5.10 Å². The number of carbonyl (C=O) groups excluding carboxylic acids is 1. The second-order valence-electron chi connectivity index (χ2n) is 4.75. The summed E-state index contributed by atoms with van der Waals surface area (Å²) in [4.78, 5) is 14.2. The van der Waals surface area contributed by atoms with Gasteiger partial charge in [-0.15, -0.1) is 0 Å². The van der Waals surface area contributed by atoms with Crippen LogP contribution in [0, 0.1) is 0 Å². The molecule has 1 atom stereocenters. The summed E-state index contributed by atoms with van der Waals surface area (Å²) in [5.74, 6) is 0.648. The Morgan fingerprint density at radius 1 is 1.55 bits per heavy atom. The molecule has 0 fully saturated rings. The van der Waals surface area contributed by atoms with Crippen molar-refractivity contribution in [2.45, 2.75) is 19.6 Å². The lowest BCUT2D eigenvalue weighted by Gasteiger charge is -2.33. The van der Waals surface area contributed by atoms with Gasteiger partial charge >= 0.3 is 0 Å². The van der Waals surface area contributed by atoms with Crippen LogP contribution in [0.3, 0.4) is 0 Å². The molecule has 1 amide bonds. The van der Waals surface area contributed by atoms with E-state index in [1.54, 1.807) is 46.2 Å². The largest absolute Gasteiger partial charge is 0.487 e. The molecule has 104 valence electrons. The molecule has 0 aliphatic carbocycles. The Morgan fingerprint density at radius 3 is 3.15 bits per heavy atom. The van der Waals surface area contributed by atoms with Gasteiger partial charge < -0.3 is 9.64 Å². The van der Waals surface area contributed by atoms with Crippen LogP contribution in [0.25, 0.3) is 0 Å². The van der Waals surface area contributed by atoms with Crippen molar-refractivity contribution in [1.29, 1.82) is 0 Å². The van der Waals surface area contributed by atoms with E-state index in [0.717, 1.165) is 0 Å². The summed E-state index contributed by atoms with van der Waals surface area (Å²) in [7, 11) is 0. The molecule has 1 unspecified atom stereocenters. The van der Waals surface area contributed by atoms with Gasteiger partial charge in [0, 0.05) is 17.4 Å². The average molecular weight is 292 g/mol. The van der Waals surface area contributed by atoms with Crippen molar-refractivity contribution < 1.29 is 9.53 Å². The number of amides is 1. The standard InChI is InChI=1S/C14H14ClN3O2/c1-10-8-18(14(19)9-17-6-2-5-16-17)12-7-11(15)3-4-13(12)20-10/h2-7,10H,8-9H2,1H3. The van der Waals surface area contributed by atoms with E-state index in [4.69, 9.17) is 16.3 Å². The highest BCUT2D eigenvalue weighted by atomic mass is 35.5. The van der Waals surface area contributed by atoms with Gasteiger partial charge in [0.15, 0.2) is 0 Å². The molecule has 1 aliphatic rings. The number of hydrogen-bond donors (Lipinski definition) is 0. The number of anilines is 1. The van der Waals surface area contributed by atoms with Crippen LogP contribution >= 0.6 is 11.6 Å². The molecule has 0 bridgehead atoms. The summed E-state index contributed by atoms with van der Waals surface area (Å²) in [6.07, 6.45) is 3.37. The number of hydrogen-bond acceptors (Lipinski definition) is 3. The average Bonchev–Trinajstić information content (AvgIpc) is 2.91. The van der Waals surface area contributed by atoms with Crippen LogP contribution in [-0.4, -0.2) is 28.3 Å². The van der Waals surface area contributed by atoms with Crippen LogP contribution in [0.2, 0.25) is 5.02 Å². The molecule has 5 nitrogen and oxygen atoms in total. The Bertz CT molecular complexity index is 627. The van der Waals surface area contributed by atoms with Crippen molar-refractivity contribution in [3.8, 4) is 5.75 Å². The number of halogens is 1. The molecule has 0 radical (unpaired) electrons. The summed E-state index contributed by atoms with van der Waals surface area (Å²) in [5.41, 5.74) is 0.716. The third kappa shape index (κ3) is 2.49. The Hall–Kier alpha value is -2.01. The maximum Gasteiger partial charge on any atom is 0.248 e. The first-order valence-electron chi connectivity index (χ1n) is 6.37. The summed E-state index contributed by atoms with van der Waals surface area (Å²) in [6.45, 7) is 2.64. The highest BCUT2D eigenvalue weighted by Crippen LogP contribution is 2.35. The van der Waals surface area contributed by atoms with E-state index in [-0.39, 0.29) is 18.6 Å². The number of rotatable bonds is 2. The Labute approximate surface area is 121 Å². The molecule has 6 heteroatoms. The molecule has 20 heavy (non-hydrogen) atoms. The van der Waals surface area contributed by atoms with Crippen molar-refractivity contribution in [3.05, 3.63) is 41.7 Å². The SMILES string of the molecule is CC1CN(C(=O)Cn2cccn2)c2cc(Cl)ccc2O1. The zero-order valence-electron chi connectivity index (χ0n) is 11.0. The number of ether oxygens (including phenoxy) is 1. The van der Waals surface area contributed by atoms with Crippen LogP contribution in [0.4, 0.5) is 5.69 Å². The number of fused-ring (bicyclic) bond motifs is 1. The minimum atomic E-state index is -0.0507. The third-order valence-electron chi connectivity index (χ3n) is 3.14. The monoisotopic (exact) mass is 291 g/mol. The first-order valence-corrected chi connectivity index (χ1v) is 6.75. The first-order chi connectivity index (χ1) is 9.63. The van der Waals surface area contributed by atoms with E-state index < -0.39 is 0 Å². The van der Waals surface area contributed by atoms with Crippen LogP contribution in [0.1, 0.15) is 6.92 Å². The van der Waals surface area contributed by atoms with Crippen molar-refractivity contribution in [2.24, 2.45) is 0 Å². The van der Waals surface area contributed by atoms with E-state index in [1.807, 2.05) is 6.92 Å².